The highest BCUT2D eigenvalue weighted by Gasteiger charge is 2.25. The zero-order chi connectivity index (χ0) is 11.5. The number of pyridine rings is 1. The van der Waals surface area contributed by atoms with E-state index in [1.54, 1.807) is 6.07 Å². The highest BCUT2D eigenvalue weighted by molar-refractivity contribution is 5.40. The van der Waals surface area contributed by atoms with E-state index in [1.807, 2.05) is 0 Å². The van der Waals surface area contributed by atoms with Crippen molar-refractivity contribution in [3.8, 4) is 0 Å². The van der Waals surface area contributed by atoms with Gasteiger partial charge in [0.05, 0.1) is 24.9 Å². The van der Waals surface area contributed by atoms with E-state index in [0.717, 1.165) is 5.82 Å². The molecule has 1 saturated heterocycles. The number of nitrogens with two attached hydrogens (primary N) is 1. The number of halogens is 1. The molecule has 2 unspecified atom stereocenters. The van der Waals surface area contributed by atoms with Crippen molar-refractivity contribution in [3.63, 3.8) is 0 Å². The molecule has 1 aromatic heterocycles. The third-order valence-corrected chi connectivity index (χ3v) is 2.77. The number of hydrogen-bond acceptors (Lipinski definition) is 4. The fourth-order valence-corrected chi connectivity index (χ4v) is 1.82. The van der Waals surface area contributed by atoms with E-state index in [2.05, 4.69) is 16.8 Å². The maximum atomic E-state index is 12.8. The van der Waals surface area contributed by atoms with E-state index in [0.29, 0.717) is 19.7 Å². The lowest BCUT2D eigenvalue weighted by molar-refractivity contribution is 0.0280. The molecule has 0 amide bonds. The number of morpholine rings is 1. The molecule has 2 heterocycles. The SMILES string of the molecule is CC1COC(CN)CN1c1ccc(F)cn1. The van der Waals surface area contributed by atoms with Crippen molar-refractivity contribution in [3.05, 3.63) is 24.1 Å². The molecule has 0 aromatic carbocycles. The molecule has 16 heavy (non-hydrogen) atoms. The molecule has 2 N–H and O–H groups in total. The molecular weight excluding hydrogens is 209 g/mol. The van der Waals surface area contributed by atoms with Crippen LogP contribution in [0.5, 0.6) is 0 Å². The Morgan fingerprint density at radius 1 is 1.62 bits per heavy atom. The largest absolute Gasteiger partial charge is 0.373 e. The molecule has 1 aliphatic rings. The quantitative estimate of drug-likeness (QED) is 0.808. The van der Waals surface area contributed by atoms with Gasteiger partial charge >= 0.3 is 0 Å². The van der Waals surface area contributed by atoms with Crippen LogP contribution in [0, 0.1) is 5.82 Å². The summed E-state index contributed by atoms with van der Waals surface area (Å²) in [4.78, 5) is 6.17. The Morgan fingerprint density at radius 2 is 2.44 bits per heavy atom. The molecule has 0 bridgehead atoms. The lowest BCUT2D eigenvalue weighted by Crippen LogP contribution is -2.51. The van der Waals surface area contributed by atoms with E-state index in [1.165, 1.54) is 12.3 Å². The molecule has 0 radical (unpaired) electrons. The number of aromatic nitrogens is 1. The Kier molecular flexibility index (Phi) is 3.36. The lowest BCUT2D eigenvalue weighted by atomic mass is 10.2. The van der Waals surface area contributed by atoms with Crippen LogP contribution in [0.15, 0.2) is 18.3 Å². The van der Waals surface area contributed by atoms with E-state index >= 15 is 0 Å². The summed E-state index contributed by atoms with van der Waals surface area (Å²) in [6.45, 7) is 3.87. The summed E-state index contributed by atoms with van der Waals surface area (Å²) in [6, 6.07) is 3.34. The zero-order valence-corrected chi connectivity index (χ0v) is 9.27. The second-order valence-corrected chi connectivity index (χ2v) is 4.03. The van der Waals surface area contributed by atoms with Crippen molar-refractivity contribution >= 4 is 5.82 Å². The summed E-state index contributed by atoms with van der Waals surface area (Å²) in [7, 11) is 0. The van der Waals surface area contributed by atoms with Crippen molar-refractivity contribution in [2.24, 2.45) is 5.73 Å². The van der Waals surface area contributed by atoms with Crippen molar-refractivity contribution in [1.82, 2.24) is 4.98 Å². The molecule has 4 nitrogen and oxygen atoms in total. The molecule has 0 spiro atoms. The van der Waals surface area contributed by atoms with Crippen molar-refractivity contribution in [2.75, 3.05) is 24.6 Å². The van der Waals surface area contributed by atoms with Crippen LogP contribution in [0.4, 0.5) is 10.2 Å². The summed E-state index contributed by atoms with van der Waals surface area (Å²) in [5.41, 5.74) is 5.58. The molecule has 2 rings (SSSR count). The zero-order valence-electron chi connectivity index (χ0n) is 9.27. The monoisotopic (exact) mass is 225 g/mol. The molecule has 5 heteroatoms. The first kappa shape index (κ1) is 11.3. The predicted octanol–water partition coefficient (Wildman–Crippen LogP) is 0.773. The van der Waals surface area contributed by atoms with Gasteiger partial charge in [0.25, 0.3) is 0 Å². The highest BCUT2D eigenvalue weighted by atomic mass is 19.1. The van der Waals surface area contributed by atoms with E-state index < -0.39 is 0 Å². The first-order valence-corrected chi connectivity index (χ1v) is 5.40. The number of rotatable bonds is 2. The first-order valence-electron chi connectivity index (χ1n) is 5.40. The summed E-state index contributed by atoms with van der Waals surface area (Å²) in [5.74, 6) is 0.454. The maximum absolute atomic E-state index is 12.8. The predicted molar refractivity (Wildman–Crippen MR) is 59.8 cm³/mol. The third kappa shape index (κ3) is 2.31. The Labute approximate surface area is 94.2 Å². The van der Waals surface area contributed by atoms with Crippen LogP contribution in [0.3, 0.4) is 0 Å². The summed E-state index contributed by atoms with van der Waals surface area (Å²) < 4.78 is 18.3. The van der Waals surface area contributed by atoms with Crippen LogP contribution in [0.2, 0.25) is 0 Å². The first-order chi connectivity index (χ1) is 7.70. The minimum atomic E-state index is -0.319. The second kappa shape index (κ2) is 4.76. The molecule has 0 saturated carbocycles. The average Bonchev–Trinajstić information content (AvgIpc) is 2.31. The summed E-state index contributed by atoms with van der Waals surface area (Å²) in [6.07, 6.45) is 1.26. The van der Waals surface area contributed by atoms with E-state index in [4.69, 9.17) is 10.5 Å². The van der Waals surface area contributed by atoms with Gasteiger partial charge < -0.3 is 15.4 Å². The van der Waals surface area contributed by atoms with Crippen molar-refractivity contribution in [2.45, 2.75) is 19.1 Å². The van der Waals surface area contributed by atoms with Gasteiger partial charge in [-0.25, -0.2) is 9.37 Å². The summed E-state index contributed by atoms with van der Waals surface area (Å²) >= 11 is 0. The van der Waals surface area contributed by atoms with Crippen LogP contribution in [-0.4, -0.2) is 36.8 Å². The Morgan fingerprint density at radius 3 is 3.06 bits per heavy atom. The van der Waals surface area contributed by atoms with Crippen molar-refractivity contribution in [1.29, 1.82) is 0 Å². The van der Waals surface area contributed by atoms with Crippen LogP contribution in [0.1, 0.15) is 6.92 Å². The standard InChI is InChI=1S/C11H16FN3O/c1-8-7-16-10(4-13)6-15(8)11-3-2-9(12)5-14-11/h2-3,5,8,10H,4,6-7,13H2,1H3. The normalized spacial score (nSPS) is 25.8. The van der Waals surface area contributed by atoms with Gasteiger partial charge in [0, 0.05) is 13.1 Å². The Hall–Kier alpha value is -1.20. The van der Waals surface area contributed by atoms with Gasteiger partial charge in [-0.15, -0.1) is 0 Å². The van der Waals surface area contributed by atoms with Gasteiger partial charge in [-0.1, -0.05) is 0 Å². The highest BCUT2D eigenvalue weighted by Crippen LogP contribution is 2.19. The maximum Gasteiger partial charge on any atom is 0.141 e. The fourth-order valence-electron chi connectivity index (χ4n) is 1.82. The van der Waals surface area contributed by atoms with E-state index in [9.17, 15) is 4.39 Å². The smallest absolute Gasteiger partial charge is 0.141 e. The van der Waals surface area contributed by atoms with Crippen LogP contribution in [0.25, 0.3) is 0 Å². The average molecular weight is 225 g/mol. The second-order valence-electron chi connectivity index (χ2n) is 4.03. The van der Waals surface area contributed by atoms with Gasteiger partial charge in [0.15, 0.2) is 0 Å². The van der Waals surface area contributed by atoms with Gasteiger partial charge in [-0.2, -0.15) is 0 Å². The molecule has 1 fully saturated rings. The Bertz CT molecular complexity index is 344. The lowest BCUT2D eigenvalue weighted by Gasteiger charge is -2.38. The van der Waals surface area contributed by atoms with Crippen LogP contribution >= 0.6 is 0 Å². The van der Waals surface area contributed by atoms with Gasteiger partial charge in [-0.05, 0) is 19.1 Å². The summed E-state index contributed by atoms with van der Waals surface area (Å²) in [5, 5.41) is 0. The third-order valence-electron chi connectivity index (χ3n) is 2.77. The van der Waals surface area contributed by atoms with E-state index in [-0.39, 0.29) is 18.0 Å². The van der Waals surface area contributed by atoms with Gasteiger partial charge in [0.2, 0.25) is 0 Å². The minimum Gasteiger partial charge on any atom is -0.373 e. The van der Waals surface area contributed by atoms with Gasteiger partial charge in [0.1, 0.15) is 11.6 Å². The topological polar surface area (TPSA) is 51.4 Å². The van der Waals surface area contributed by atoms with Crippen molar-refractivity contribution < 1.29 is 9.13 Å². The number of nitrogens with zero attached hydrogens (tertiary/aromatic N) is 2. The molecule has 1 aromatic rings. The van der Waals surface area contributed by atoms with Gasteiger partial charge in [-0.3, -0.25) is 0 Å². The molecule has 88 valence electrons. The van der Waals surface area contributed by atoms with Crippen LogP contribution in [-0.2, 0) is 4.74 Å². The molecular formula is C11H16FN3O. The molecule has 1 aliphatic heterocycles. The number of ether oxygens (including phenoxy) is 1. The minimum absolute atomic E-state index is 0.0306. The number of hydrogen-bond donors (Lipinski definition) is 1. The van der Waals surface area contributed by atoms with Crippen LogP contribution < -0.4 is 10.6 Å². The molecule has 0 aliphatic carbocycles. The fraction of sp³-hybridized carbons (Fsp3) is 0.545. The molecule has 2 atom stereocenters. The number of anilines is 1. The Balaban J connectivity index is 2.14.